The molecule has 3 aromatic rings. The molecule has 0 aliphatic rings. The summed E-state index contributed by atoms with van der Waals surface area (Å²) in [6, 6.07) is 12.4. The zero-order chi connectivity index (χ0) is 21.0. The van der Waals surface area contributed by atoms with Gasteiger partial charge in [-0.3, -0.25) is 20.4 Å². The van der Waals surface area contributed by atoms with Crippen LogP contribution in [0.15, 0.2) is 42.5 Å². The Bertz CT molecular complexity index is 1050. The quantitative estimate of drug-likeness (QED) is 0.626. The molecule has 2 N–H and O–H groups in total. The third kappa shape index (κ3) is 5.11. The monoisotopic (exact) mass is 413 g/mol. The Hall–Kier alpha value is -3.39. The van der Waals surface area contributed by atoms with E-state index in [-0.39, 0.29) is 17.3 Å². The van der Waals surface area contributed by atoms with Crippen LogP contribution in [0, 0.1) is 20.8 Å². The lowest BCUT2D eigenvalue weighted by atomic mass is 10.2. The highest BCUT2D eigenvalue weighted by molar-refractivity contribution is 6.33. The third-order valence-electron chi connectivity index (χ3n) is 3.98. The molecule has 0 spiro atoms. The largest absolute Gasteiger partial charge is 0.484 e. The van der Waals surface area contributed by atoms with E-state index < -0.39 is 11.8 Å². The van der Waals surface area contributed by atoms with Gasteiger partial charge in [-0.1, -0.05) is 29.3 Å². The van der Waals surface area contributed by atoms with E-state index in [1.165, 1.54) is 0 Å². The van der Waals surface area contributed by atoms with Gasteiger partial charge in [0.05, 0.1) is 10.7 Å². The van der Waals surface area contributed by atoms with E-state index in [1.807, 2.05) is 39.0 Å². The number of halogens is 1. The highest BCUT2D eigenvalue weighted by Crippen LogP contribution is 2.17. The van der Waals surface area contributed by atoms with Crippen LogP contribution in [0.3, 0.4) is 0 Å². The maximum atomic E-state index is 12.4. The summed E-state index contributed by atoms with van der Waals surface area (Å²) in [7, 11) is 0. The number of carbonyl (C=O) groups excluding carboxylic acids is 2. The number of carbonyl (C=O) groups is 2. The number of benzene rings is 1. The molecule has 0 bridgehead atoms. The number of hydrogen-bond acceptors (Lipinski definition) is 5. The second kappa shape index (κ2) is 8.74. The van der Waals surface area contributed by atoms with Gasteiger partial charge >= 0.3 is 0 Å². The topological polar surface area (TPSA) is 98.1 Å². The van der Waals surface area contributed by atoms with E-state index in [2.05, 4.69) is 20.9 Å². The molecule has 150 valence electrons. The van der Waals surface area contributed by atoms with Gasteiger partial charge in [0.1, 0.15) is 5.75 Å². The Labute approximate surface area is 172 Å². The van der Waals surface area contributed by atoms with Gasteiger partial charge in [-0.25, -0.2) is 9.67 Å². The van der Waals surface area contributed by atoms with Crippen LogP contribution in [-0.2, 0) is 4.79 Å². The zero-order valence-electron chi connectivity index (χ0n) is 16.2. The van der Waals surface area contributed by atoms with Crippen LogP contribution in [0.5, 0.6) is 5.75 Å². The summed E-state index contributed by atoms with van der Waals surface area (Å²) in [4.78, 5) is 28.6. The minimum atomic E-state index is -0.651. The maximum absolute atomic E-state index is 12.4. The number of amides is 2. The highest BCUT2D eigenvalue weighted by atomic mass is 35.5. The molecule has 29 heavy (non-hydrogen) atoms. The molecule has 2 heterocycles. The number of hydrogen-bond donors (Lipinski definition) is 2. The fraction of sp³-hybridized carbons (Fsp3) is 0.200. The predicted octanol–water partition coefficient (Wildman–Crippen LogP) is 2.69. The van der Waals surface area contributed by atoms with E-state index in [0.717, 1.165) is 17.0 Å². The van der Waals surface area contributed by atoms with Crippen molar-refractivity contribution in [2.75, 3.05) is 6.61 Å². The molecule has 1 aromatic carbocycles. The Kier molecular flexibility index (Phi) is 6.13. The van der Waals surface area contributed by atoms with E-state index in [0.29, 0.717) is 11.6 Å². The SMILES string of the molecule is Cc1ccc(OCC(=O)NNC(=O)c2nc(-n3nc(C)cc3C)ccc2Cl)cc1. The van der Waals surface area contributed by atoms with Gasteiger partial charge in [0.2, 0.25) is 0 Å². The van der Waals surface area contributed by atoms with Gasteiger partial charge in [0.25, 0.3) is 11.8 Å². The lowest BCUT2D eigenvalue weighted by Crippen LogP contribution is -2.44. The molecule has 0 saturated carbocycles. The molecule has 0 aliphatic heterocycles. The summed E-state index contributed by atoms with van der Waals surface area (Å²) >= 11 is 6.10. The molecule has 3 rings (SSSR count). The number of nitrogens with zero attached hydrogens (tertiary/aromatic N) is 3. The van der Waals surface area contributed by atoms with Crippen molar-refractivity contribution in [1.82, 2.24) is 25.6 Å². The molecule has 9 heteroatoms. The predicted molar refractivity (Wildman–Crippen MR) is 108 cm³/mol. The smallest absolute Gasteiger partial charge is 0.289 e. The molecule has 0 saturated heterocycles. The normalized spacial score (nSPS) is 10.5. The average Bonchev–Trinajstić information content (AvgIpc) is 3.04. The van der Waals surface area contributed by atoms with Crippen LogP contribution in [0.4, 0.5) is 0 Å². The first-order valence-electron chi connectivity index (χ1n) is 8.82. The summed E-state index contributed by atoms with van der Waals surface area (Å²) in [5.41, 5.74) is 7.31. The Morgan fingerprint density at radius 3 is 2.45 bits per heavy atom. The molecule has 2 aromatic heterocycles. The van der Waals surface area contributed by atoms with Crippen molar-refractivity contribution in [1.29, 1.82) is 0 Å². The van der Waals surface area contributed by atoms with Crippen molar-refractivity contribution >= 4 is 23.4 Å². The number of aromatic nitrogens is 3. The fourth-order valence-electron chi connectivity index (χ4n) is 2.58. The van der Waals surface area contributed by atoms with E-state index in [4.69, 9.17) is 16.3 Å². The van der Waals surface area contributed by atoms with Gasteiger partial charge in [-0.05, 0) is 51.1 Å². The van der Waals surface area contributed by atoms with Crippen molar-refractivity contribution in [3.05, 3.63) is 70.1 Å². The average molecular weight is 414 g/mol. The van der Waals surface area contributed by atoms with Crippen molar-refractivity contribution in [2.45, 2.75) is 20.8 Å². The molecule has 0 atom stereocenters. The molecule has 8 nitrogen and oxygen atoms in total. The lowest BCUT2D eigenvalue weighted by molar-refractivity contribution is -0.123. The van der Waals surface area contributed by atoms with Gasteiger partial charge in [0, 0.05) is 5.69 Å². The van der Waals surface area contributed by atoms with Crippen LogP contribution in [-0.4, -0.2) is 33.2 Å². The van der Waals surface area contributed by atoms with Crippen LogP contribution < -0.4 is 15.6 Å². The van der Waals surface area contributed by atoms with E-state index in [1.54, 1.807) is 28.9 Å². The van der Waals surface area contributed by atoms with Crippen LogP contribution >= 0.6 is 11.6 Å². The maximum Gasteiger partial charge on any atom is 0.289 e. The number of ether oxygens (including phenoxy) is 1. The highest BCUT2D eigenvalue weighted by Gasteiger charge is 2.16. The summed E-state index contributed by atoms with van der Waals surface area (Å²) in [5, 5.41) is 4.49. The molecular formula is C20H20ClN5O3. The molecule has 0 radical (unpaired) electrons. The van der Waals surface area contributed by atoms with Crippen LogP contribution in [0.1, 0.15) is 27.4 Å². The molecule has 0 unspecified atom stereocenters. The standard InChI is InChI=1S/C20H20ClN5O3/c1-12-4-6-15(7-5-12)29-11-18(27)23-24-20(28)19-16(21)8-9-17(22-19)26-14(3)10-13(2)25-26/h4-10H,11H2,1-3H3,(H,23,27)(H,24,28). The molecule has 0 fully saturated rings. The molecule has 0 aliphatic carbocycles. The van der Waals surface area contributed by atoms with Gasteiger partial charge in [-0.15, -0.1) is 0 Å². The second-order valence-electron chi connectivity index (χ2n) is 6.44. The van der Waals surface area contributed by atoms with Crippen molar-refractivity contribution < 1.29 is 14.3 Å². The first-order chi connectivity index (χ1) is 13.8. The minimum Gasteiger partial charge on any atom is -0.484 e. The fourth-order valence-corrected chi connectivity index (χ4v) is 2.77. The van der Waals surface area contributed by atoms with Gasteiger partial charge in [-0.2, -0.15) is 5.10 Å². The lowest BCUT2D eigenvalue weighted by Gasteiger charge is -2.10. The third-order valence-corrected chi connectivity index (χ3v) is 4.28. The Morgan fingerprint density at radius 2 is 1.79 bits per heavy atom. The first-order valence-corrected chi connectivity index (χ1v) is 9.20. The zero-order valence-corrected chi connectivity index (χ0v) is 16.9. The summed E-state index contributed by atoms with van der Waals surface area (Å²) in [6.45, 7) is 5.44. The number of nitrogens with one attached hydrogen (secondary N) is 2. The summed E-state index contributed by atoms with van der Waals surface area (Å²) < 4.78 is 6.97. The Morgan fingerprint density at radius 1 is 1.07 bits per heavy atom. The van der Waals surface area contributed by atoms with Crippen LogP contribution in [0.2, 0.25) is 5.02 Å². The molecule has 2 amide bonds. The number of hydrazine groups is 1. The number of aryl methyl sites for hydroxylation is 3. The van der Waals surface area contributed by atoms with Crippen LogP contribution in [0.25, 0.3) is 5.82 Å². The number of pyridine rings is 1. The van der Waals surface area contributed by atoms with E-state index >= 15 is 0 Å². The minimum absolute atomic E-state index is 0.0310. The second-order valence-corrected chi connectivity index (χ2v) is 6.85. The van der Waals surface area contributed by atoms with Crippen molar-refractivity contribution in [2.24, 2.45) is 0 Å². The van der Waals surface area contributed by atoms with Gasteiger partial charge < -0.3 is 4.74 Å². The number of rotatable bonds is 5. The van der Waals surface area contributed by atoms with Gasteiger partial charge in [0.15, 0.2) is 18.1 Å². The molecular weight excluding hydrogens is 394 g/mol. The van der Waals surface area contributed by atoms with E-state index in [9.17, 15) is 9.59 Å². The summed E-state index contributed by atoms with van der Waals surface area (Å²) in [6.07, 6.45) is 0. The van der Waals surface area contributed by atoms with Crippen molar-refractivity contribution in [3.63, 3.8) is 0 Å². The van der Waals surface area contributed by atoms with Crippen molar-refractivity contribution in [3.8, 4) is 11.6 Å². The first kappa shape index (κ1) is 20.3. The Balaban J connectivity index is 1.61. The summed E-state index contributed by atoms with van der Waals surface area (Å²) in [5.74, 6) is -0.176.